The predicted molar refractivity (Wildman–Crippen MR) is 57.5 cm³/mol. The summed E-state index contributed by atoms with van der Waals surface area (Å²) in [6.45, 7) is 1.42. The maximum absolute atomic E-state index is 11.3. The van der Waals surface area contributed by atoms with Crippen LogP contribution in [0.3, 0.4) is 0 Å². The first-order chi connectivity index (χ1) is 7.02. The molecule has 4 heteroatoms. The van der Waals surface area contributed by atoms with Crippen LogP contribution in [0.4, 0.5) is 0 Å². The van der Waals surface area contributed by atoms with Crippen LogP contribution in [-0.2, 0) is 4.79 Å². The van der Waals surface area contributed by atoms with Gasteiger partial charge in [-0.3, -0.25) is 4.79 Å². The average Bonchev–Trinajstić information content (AvgIpc) is 2.18. The minimum atomic E-state index is -1.06. The minimum absolute atomic E-state index is 0.131. The maximum Gasteiger partial charge on any atom is 0.132 e. The Morgan fingerprint density at radius 2 is 1.73 bits per heavy atom. The molecule has 0 heterocycles. The summed E-state index contributed by atoms with van der Waals surface area (Å²) in [6, 6.07) is 0. The standard InChI is InChI=1S/C11H22O4/c1-11(15,9-13)7-4-6-10(14)5-2-3-8-12/h12-13,15H,2-9H2,1H3. The van der Waals surface area contributed by atoms with Crippen LogP contribution in [0.2, 0.25) is 0 Å². The molecule has 15 heavy (non-hydrogen) atoms. The molecule has 4 nitrogen and oxygen atoms in total. The second-order valence-electron chi connectivity index (χ2n) is 4.23. The van der Waals surface area contributed by atoms with Gasteiger partial charge in [-0.1, -0.05) is 0 Å². The molecule has 0 saturated carbocycles. The van der Waals surface area contributed by atoms with Crippen molar-refractivity contribution >= 4 is 5.78 Å². The lowest BCUT2D eigenvalue weighted by molar-refractivity contribution is -0.119. The van der Waals surface area contributed by atoms with Crippen molar-refractivity contribution in [3.05, 3.63) is 0 Å². The number of rotatable bonds is 9. The van der Waals surface area contributed by atoms with Crippen molar-refractivity contribution < 1.29 is 20.1 Å². The zero-order chi connectivity index (χ0) is 11.7. The molecule has 0 amide bonds. The molecular weight excluding hydrogens is 196 g/mol. The fourth-order valence-electron chi connectivity index (χ4n) is 1.30. The molecule has 0 radical (unpaired) electrons. The van der Waals surface area contributed by atoms with E-state index in [0.29, 0.717) is 32.1 Å². The van der Waals surface area contributed by atoms with Crippen molar-refractivity contribution in [2.45, 2.75) is 51.0 Å². The lowest BCUT2D eigenvalue weighted by Crippen LogP contribution is -2.28. The molecule has 3 N–H and O–H groups in total. The Balaban J connectivity index is 3.46. The molecule has 0 aliphatic heterocycles. The van der Waals surface area contributed by atoms with Gasteiger partial charge >= 0.3 is 0 Å². The summed E-state index contributed by atoms with van der Waals surface area (Å²) in [6.07, 6.45) is 3.38. The largest absolute Gasteiger partial charge is 0.396 e. The van der Waals surface area contributed by atoms with E-state index in [2.05, 4.69) is 0 Å². The van der Waals surface area contributed by atoms with Crippen molar-refractivity contribution in [2.24, 2.45) is 0 Å². The summed E-state index contributed by atoms with van der Waals surface area (Å²) in [7, 11) is 0. The molecule has 0 saturated heterocycles. The third-order valence-corrected chi connectivity index (χ3v) is 2.38. The highest BCUT2D eigenvalue weighted by atomic mass is 16.3. The summed E-state index contributed by atoms with van der Waals surface area (Å²) in [5.74, 6) is 0.164. The number of unbranched alkanes of at least 4 members (excludes halogenated alkanes) is 1. The Labute approximate surface area is 90.9 Å². The van der Waals surface area contributed by atoms with Crippen LogP contribution in [-0.4, -0.2) is 39.9 Å². The SMILES string of the molecule is CC(O)(CO)CCCC(=O)CCCCO. The zero-order valence-corrected chi connectivity index (χ0v) is 9.41. The van der Waals surface area contributed by atoms with E-state index in [9.17, 15) is 9.90 Å². The molecule has 0 spiro atoms. The van der Waals surface area contributed by atoms with Gasteiger partial charge in [-0.15, -0.1) is 0 Å². The Morgan fingerprint density at radius 1 is 1.13 bits per heavy atom. The van der Waals surface area contributed by atoms with E-state index in [4.69, 9.17) is 10.2 Å². The van der Waals surface area contributed by atoms with Crippen LogP contribution in [0, 0.1) is 0 Å². The maximum atomic E-state index is 11.3. The monoisotopic (exact) mass is 218 g/mol. The first kappa shape index (κ1) is 14.6. The van der Waals surface area contributed by atoms with E-state index in [-0.39, 0.29) is 19.0 Å². The molecule has 0 bridgehead atoms. The van der Waals surface area contributed by atoms with Crippen LogP contribution in [0.5, 0.6) is 0 Å². The van der Waals surface area contributed by atoms with E-state index in [1.165, 1.54) is 0 Å². The normalized spacial score (nSPS) is 14.9. The number of ketones is 1. The molecule has 0 aromatic heterocycles. The van der Waals surface area contributed by atoms with Gasteiger partial charge in [0, 0.05) is 19.4 Å². The molecule has 0 rings (SSSR count). The van der Waals surface area contributed by atoms with E-state index >= 15 is 0 Å². The van der Waals surface area contributed by atoms with Crippen molar-refractivity contribution in [3.63, 3.8) is 0 Å². The van der Waals surface area contributed by atoms with Gasteiger partial charge in [0.25, 0.3) is 0 Å². The fourth-order valence-corrected chi connectivity index (χ4v) is 1.30. The average molecular weight is 218 g/mol. The number of aliphatic hydroxyl groups is 3. The Kier molecular flexibility index (Phi) is 7.56. The van der Waals surface area contributed by atoms with Crippen molar-refractivity contribution in [2.75, 3.05) is 13.2 Å². The Hall–Kier alpha value is -0.450. The van der Waals surface area contributed by atoms with Crippen LogP contribution in [0.25, 0.3) is 0 Å². The van der Waals surface area contributed by atoms with E-state index in [0.717, 1.165) is 6.42 Å². The smallest absolute Gasteiger partial charge is 0.132 e. The van der Waals surface area contributed by atoms with Crippen molar-refractivity contribution in [1.29, 1.82) is 0 Å². The number of aliphatic hydroxyl groups excluding tert-OH is 2. The van der Waals surface area contributed by atoms with Crippen molar-refractivity contribution in [3.8, 4) is 0 Å². The van der Waals surface area contributed by atoms with Gasteiger partial charge in [0.2, 0.25) is 0 Å². The number of hydrogen-bond acceptors (Lipinski definition) is 4. The predicted octanol–water partition coefficient (Wildman–Crippen LogP) is 0.632. The minimum Gasteiger partial charge on any atom is -0.396 e. The summed E-state index contributed by atoms with van der Waals surface area (Å²) in [4.78, 5) is 11.3. The number of Topliss-reactive ketones (excluding diaryl/α,β-unsaturated/α-hetero) is 1. The number of hydrogen-bond donors (Lipinski definition) is 3. The van der Waals surface area contributed by atoms with E-state index < -0.39 is 5.60 Å². The van der Waals surface area contributed by atoms with Crippen LogP contribution < -0.4 is 0 Å². The van der Waals surface area contributed by atoms with Gasteiger partial charge < -0.3 is 15.3 Å². The zero-order valence-electron chi connectivity index (χ0n) is 9.41. The lowest BCUT2D eigenvalue weighted by Gasteiger charge is -2.19. The first-order valence-corrected chi connectivity index (χ1v) is 5.47. The second-order valence-corrected chi connectivity index (χ2v) is 4.23. The first-order valence-electron chi connectivity index (χ1n) is 5.47. The molecule has 0 fully saturated rings. The van der Waals surface area contributed by atoms with Gasteiger partial charge in [-0.25, -0.2) is 0 Å². The summed E-state index contributed by atoms with van der Waals surface area (Å²) in [5.41, 5.74) is -1.06. The summed E-state index contributed by atoms with van der Waals surface area (Å²) >= 11 is 0. The molecular formula is C11H22O4. The topological polar surface area (TPSA) is 77.8 Å². The highest BCUT2D eigenvalue weighted by Gasteiger charge is 2.18. The van der Waals surface area contributed by atoms with Gasteiger partial charge in [0.05, 0.1) is 12.2 Å². The van der Waals surface area contributed by atoms with Gasteiger partial charge in [0.1, 0.15) is 5.78 Å². The molecule has 1 atom stereocenters. The van der Waals surface area contributed by atoms with Gasteiger partial charge in [0.15, 0.2) is 0 Å². The summed E-state index contributed by atoms with van der Waals surface area (Å²) < 4.78 is 0. The number of carbonyl (C=O) groups is 1. The van der Waals surface area contributed by atoms with E-state index in [1.54, 1.807) is 6.92 Å². The lowest BCUT2D eigenvalue weighted by atomic mass is 9.98. The third-order valence-electron chi connectivity index (χ3n) is 2.38. The Bertz CT molecular complexity index is 177. The third kappa shape index (κ3) is 8.54. The molecule has 90 valence electrons. The number of carbonyl (C=O) groups excluding carboxylic acids is 1. The van der Waals surface area contributed by atoms with Crippen LogP contribution >= 0.6 is 0 Å². The highest BCUT2D eigenvalue weighted by Crippen LogP contribution is 2.13. The quantitative estimate of drug-likeness (QED) is 0.496. The van der Waals surface area contributed by atoms with Crippen LogP contribution in [0.1, 0.15) is 45.4 Å². The highest BCUT2D eigenvalue weighted by molar-refractivity contribution is 5.78. The van der Waals surface area contributed by atoms with Crippen LogP contribution in [0.15, 0.2) is 0 Å². The molecule has 0 aromatic carbocycles. The van der Waals surface area contributed by atoms with E-state index in [1.807, 2.05) is 0 Å². The molecule has 0 aliphatic carbocycles. The Morgan fingerprint density at radius 3 is 2.27 bits per heavy atom. The fraction of sp³-hybridized carbons (Fsp3) is 0.909. The summed E-state index contributed by atoms with van der Waals surface area (Å²) in [5, 5.41) is 26.7. The second kappa shape index (κ2) is 7.79. The van der Waals surface area contributed by atoms with Gasteiger partial charge in [-0.05, 0) is 32.6 Å². The molecule has 0 aromatic rings. The van der Waals surface area contributed by atoms with Crippen molar-refractivity contribution in [1.82, 2.24) is 0 Å². The molecule has 1 unspecified atom stereocenters. The molecule has 0 aliphatic rings. The van der Waals surface area contributed by atoms with Gasteiger partial charge in [-0.2, -0.15) is 0 Å².